The highest BCUT2D eigenvalue weighted by molar-refractivity contribution is 5.98. The Morgan fingerprint density at radius 3 is 2.89 bits per heavy atom. The second-order valence-electron chi connectivity index (χ2n) is 6.44. The largest absolute Gasteiger partial charge is 0.366 e. The molecule has 0 radical (unpaired) electrons. The lowest BCUT2D eigenvalue weighted by molar-refractivity contribution is -0.161. The number of aromatic nitrogens is 3. The quantitative estimate of drug-likeness (QED) is 0.757. The molecule has 0 saturated carbocycles. The normalized spacial score (nSPS) is 20.0. The number of fused-ring (bicyclic) bond motifs is 1. The molecule has 8 heteroatoms. The molecule has 4 rings (SSSR count). The highest BCUT2D eigenvalue weighted by atomic mass is 16.5. The van der Waals surface area contributed by atoms with Gasteiger partial charge < -0.3 is 15.0 Å². The summed E-state index contributed by atoms with van der Waals surface area (Å²) in [7, 11) is 0. The number of benzene rings is 1. The fraction of sp³-hybridized carbons (Fsp3) is 0.263. The molecule has 0 bridgehead atoms. The molecular weight excluding hydrogens is 346 g/mol. The molecule has 2 amide bonds. The van der Waals surface area contributed by atoms with Gasteiger partial charge in [-0.05, 0) is 24.6 Å². The van der Waals surface area contributed by atoms with E-state index in [1.54, 1.807) is 34.7 Å². The molecule has 1 fully saturated rings. The van der Waals surface area contributed by atoms with E-state index < -0.39 is 12.1 Å². The van der Waals surface area contributed by atoms with Crippen molar-refractivity contribution < 1.29 is 14.3 Å². The standard InChI is InChI=1S/C19H19N5O3/c1-13-18(19(26)22-15-7-8-16-20-12-21-24(16)10-15)23(17(25)11-27-13)9-14-5-3-2-4-6-14/h2-8,10,12-13,18H,9,11H2,1H3,(H,22,26)/t13-,18+/m1/s1. The number of pyridine rings is 1. The van der Waals surface area contributed by atoms with Crippen LogP contribution in [0.25, 0.3) is 5.65 Å². The molecule has 3 aromatic rings. The Bertz CT molecular complexity index is 972. The van der Waals surface area contributed by atoms with Gasteiger partial charge in [0.15, 0.2) is 5.65 Å². The lowest BCUT2D eigenvalue weighted by Crippen LogP contribution is -2.58. The predicted molar refractivity (Wildman–Crippen MR) is 97.8 cm³/mol. The van der Waals surface area contributed by atoms with Crippen LogP contribution in [0.4, 0.5) is 5.69 Å². The molecule has 8 nitrogen and oxygen atoms in total. The summed E-state index contributed by atoms with van der Waals surface area (Å²) >= 11 is 0. The molecule has 3 heterocycles. The van der Waals surface area contributed by atoms with E-state index in [1.165, 1.54) is 6.33 Å². The van der Waals surface area contributed by atoms with Crippen molar-refractivity contribution in [3.63, 3.8) is 0 Å². The van der Waals surface area contributed by atoms with E-state index in [0.717, 1.165) is 5.56 Å². The van der Waals surface area contributed by atoms with Crippen LogP contribution in [-0.2, 0) is 20.9 Å². The Morgan fingerprint density at radius 2 is 2.07 bits per heavy atom. The summed E-state index contributed by atoms with van der Waals surface area (Å²) in [6.45, 7) is 2.13. The Labute approximate surface area is 155 Å². The smallest absolute Gasteiger partial charge is 0.249 e. The Kier molecular flexibility index (Phi) is 4.55. The van der Waals surface area contributed by atoms with Crippen molar-refractivity contribution in [3.05, 3.63) is 60.6 Å². The third kappa shape index (κ3) is 3.52. The number of amides is 2. The van der Waals surface area contributed by atoms with Crippen LogP contribution in [0.3, 0.4) is 0 Å². The third-order valence-electron chi connectivity index (χ3n) is 4.58. The minimum Gasteiger partial charge on any atom is -0.366 e. The van der Waals surface area contributed by atoms with Crippen LogP contribution in [0.2, 0.25) is 0 Å². The summed E-state index contributed by atoms with van der Waals surface area (Å²) in [5.41, 5.74) is 2.22. The number of anilines is 1. The maximum atomic E-state index is 13.0. The number of rotatable bonds is 4. The Hall–Kier alpha value is -3.26. The second kappa shape index (κ2) is 7.16. The molecule has 1 aromatic carbocycles. The van der Waals surface area contributed by atoms with Gasteiger partial charge in [-0.15, -0.1) is 0 Å². The zero-order valence-electron chi connectivity index (χ0n) is 14.8. The Balaban J connectivity index is 1.57. The van der Waals surface area contributed by atoms with E-state index in [-0.39, 0.29) is 18.4 Å². The van der Waals surface area contributed by atoms with Gasteiger partial charge in [-0.2, -0.15) is 5.10 Å². The van der Waals surface area contributed by atoms with Crippen LogP contribution in [0.5, 0.6) is 0 Å². The number of carbonyl (C=O) groups is 2. The predicted octanol–water partition coefficient (Wildman–Crippen LogP) is 1.48. The van der Waals surface area contributed by atoms with Crippen molar-refractivity contribution in [1.82, 2.24) is 19.5 Å². The van der Waals surface area contributed by atoms with E-state index in [1.807, 2.05) is 30.3 Å². The number of hydrogen-bond donors (Lipinski definition) is 1. The van der Waals surface area contributed by atoms with Crippen molar-refractivity contribution in [3.8, 4) is 0 Å². The zero-order chi connectivity index (χ0) is 18.8. The summed E-state index contributed by atoms with van der Waals surface area (Å²) in [4.78, 5) is 31.1. The molecule has 138 valence electrons. The van der Waals surface area contributed by atoms with Crippen molar-refractivity contribution in [2.75, 3.05) is 11.9 Å². The summed E-state index contributed by atoms with van der Waals surface area (Å²) in [5.74, 6) is -0.505. The van der Waals surface area contributed by atoms with Crippen molar-refractivity contribution in [1.29, 1.82) is 0 Å². The van der Waals surface area contributed by atoms with E-state index in [0.29, 0.717) is 17.9 Å². The Morgan fingerprint density at radius 1 is 1.26 bits per heavy atom. The summed E-state index contributed by atoms with van der Waals surface area (Å²) in [6.07, 6.45) is 2.71. The third-order valence-corrected chi connectivity index (χ3v) is 4.58. The SMILES string of the molecule is C[C@H]1OCC(=O)N(Cc2ccccc2)[C@@H]1C(=O)Nc1ccc2ncnn2c1. The van der Waals surface area contributed by atoms with E-state index in [2.05, 4.69) is 15.4 Å². The zero-order valence-corrected chi connectivity index (χ0v) is 14.8. The average molecular weight is 365 g/mol. The highest BCUT2D eigenvalue weighted by Gasteiger charge is 2.39. The van der Waals surface area contributed by atoms with E-state index >= 15 is 0 Å². The molecule has 1 saturated heterocycles. The fourth-order valence-corrected chi connectivity index (χ4v) is 3.21. The molecule has 1 aliphatic rings. The topological polar surface area (TPSA) is 88.8 Å². The van der Waals surface area contributed by atoms with Crippen LogP contribution in [0.15, 0.2) is 55.0 Å². The molecule has 0 spiro atoms. The minimum absolute atomic E-state index is 0.0251. The summed E-state index contributed by atoms with van der Waals surface area (Å²) < 4.78 is 7.08. The van der Waals surface area contributed by atoms with Crippen LogP contribution in [0.1, 0.15) is 12.5 Å². The minimum atomic E-state index is -0.724. The molecule has 0 aliphatic carbocycles. The molecule has 2 aromatic heterocycles. The van der Waals surface area contributed by atoms with Crippen molar-refractivity contribution >= 4 is 23.1 Å². The van der Waals surface area contributed by atoms with Gasteiger partial charge in [0.05, 0.1) is 18.0 Å². The first-order valence-corrected chi connectivity index (χ1v) is 8.67. The number of ether oxygens (including phenoxy) is 1. The first kappa shape index (κ1) is 17.2. The van der Waals surface area contributed by atoms with Gasteiger partial charge in [0.25, 0.3) is 0 Å². The van der Waals surface area contributed by atoms with Gasteiger partial charge >= 0.3 is 0 Å². The number of hydrogen-bond acceptors (Lipinski definition) is 5. The van der Waals surface area contributed by atoms with Gasteiger partial charge in [-0.3, -0.25) is 9.59 Å². The van der Waals surface area contributed by atoms with Gasteiger partial charge in [0, 0.05) is 6.54 Å². The monoisotopic (exact) mass is 365 g/mol. The second-order valence-corrected chi connectivity index (χ2v) is 6.44. The molecule has 27 heavy (non-hydrogen) atoms. The lowest BCUT2D eigenvalue weighted by Gasteiger charge is -2.38. The van der Waals surface area contributed by atoms with Crippen LogP contribution >= 0.6 is 0 Å². The maximum absolute atomic E-state index is 13.0. The van der Waals surface area contributed by atoms with Gasteiger partial charge in [0.2, 0.25) is 11.8 Å². The van der Waals surface area contributed by atoms with Gasteiger partial charge in [-0.25, -0.2) is 9.50 Å². The van der Waals surface area contributed by atoms with Crippen LogP contribution < -0.4 is 5.32 Å². The molecule has 0 unspecified atom stereocenters. The molecule has 2 atom stereocenters. The van der Waals surface area contributed by atoms with Crippen molar-refractivity contribution in [2.24, 2.45) is 0 Å². The average Bonchev–Trinajstić information content (AvgIpc) is 3.13. The molecule has 1 aliphatic heterocycles. The summed E-state index contributed by atoms with van der Waals surface area (Å²) in [6, 6.07) is 12.4. The number of morpholine rings is 1. The molecular formula is C19H19N5O3. The van der Waals surface area contributed by atoms with E-state index in [4.69, 9.17) is 4.74 Å². The first-order chi connectivity index (χ1) is 13.1. The number of nitrogens with one attached hydrogen (secondary N) is 1. The maximum Gasteiger partial charge on any atom is 0.249 e. The summed E-state index contributed by atoms with van der Waals surface area (Å²) in [5, 5.41) is 6.92. The first-order valence-electron chi connectivity index (χ1n) is 8.67. The molecule has 1 N–H and O–H groups in total. The van der Waals surface area contributed by atoms with Crippen molar-refractivity contribution in [2.45, 2.75) is 25.6 Å². The number of carbonyl (C=O) groups excluding carboxylic acids is 2. The van der Waals surface area contributed by atoms with Gasteiger partial charge in [-0.1, -0.05) is 30.3 Å². The lowest BCUT2D eigenvalue weighted by atomic mass is 10.1. The fourth-order valence-electron chi connectivity index (χ4n) is 3.21. The number of nitrogens with zero attached hydrogens (tertiary/aromatic N) is 4. The van der Waals surface area contributed by atoms with Gasteiger partial charge in [0.1, 0.15) is 19.0 Å². The highest BCUT2D eigenvalue weighted by Crippen LogP contribution is 2.20. The van der Waals surface area contributed by atoms with E-state index in [9.17, 15) is 9.59 Å². The van der Waals surface area contributed by atoms with Crippen LogP contribution in [0, 0.1) is 0 Å². The van der Waals surface area contributed by atoms with Crippen LogP contribution in [-0.4, -0.2) is 50.1 Å².